The Bertz CT molecular complexity index is 558. The predicted octanol–water partition coefficient (Wildman–Crippen LogP) is 1.62. The third kappa shape index (κ3) is 2.87. The first kappa shape index (κ1) is 14.3. The van der Waals surface area contributed by atoms with Crippen molar-refractivity contribution in [3.05, 3.63) is 22.9 Å². The van der Waals surface area contributed by atoms with Gasteiger partial charge in [0.05, 0.1) is 17.7 Å². The van der Waals surface area contributed by atoms with E-state index in [4.69, 9.17) is 4.74 Å². The molecule has 1 aliphatic heterocycles. The van der Waals surface area contributed by atoms with E-state index < -0.39 is 0 Å². The van der Waals surface area contributed by atoms with Crippen LogP contribution in [0.15, 0.2) is 6.07 Å². The number of hydrogen-bond acceptors (Lipinski definition) is 5. The number of aromatic nitrogens is 1. The van der Waals surface area contributed by atoms with Gasteiger partial charge in [0.25, 0.3) is 0 Å². The summed E-state index contributed by atoms with van der Waals surface area (Å²) in [5, 5.41) is 16.3. The molecular weight excluding hydrogens is 264 g/mol. The van der Waals surface area contributed by atoms with Gasteiger partial charge >= 0.3 is 0 Å². The molecule has 1 saturated heterocycles. The molecule has 2 aliphatic rings. The van der Waals surface area contributed by atoms with Gasteiger partial charge in [-0.25, -0.2) is 4.98 Å². The Morgan fingerprint density at radius 3 is 3.10 bits per heavy atom. The van der Waals surface area contributed by atoms with Crippen molar-refractivity contribution in [2.45, 2.75) is 37.6 Å². The first-order valence-corrected chi connectivity index (χ1v) is 7.67. The predicted molar refractivity (Wildman–Crippen MR) is 81.3 cm³/mol. The number of hydrogen-bond donors (Lipinski definition) is 2. The molecule has 0 radical (unpaired) electrons. The van der Waals surface area contributed by atoms with Gasteiger partial charge in [-0.3, -0.25) is 0 Å². The molecular formula is C16H22N4O. The summed E-state index contributed by atoms with van der Waals surface area (Å²) < 4.78 is 5.36. The standard InChI is InChI=1S/C16H22N4O/c1-21-11-16(6-3-7-19-16)10-18-15-13(9-17)8-12-4-2-5-14(12)20-15/h8,19H,2-7,10-11H2,1H3,(H,18,20). The van der Waals surface area contributed by atoms with Crippen LogP contribution in [-0.4, -0.2) is 37.3 Å². The van der Waals surface area contributed by atoms with Crippen LogP contribution in [0.2, 0.25) is 0 Å². The average molecular weight is 286 g/mol. The number of anilines is 1. The van der Waals surface area contributed by atoms with Gasteiger partial charge in [0.2, 0.25) is 0 Å². The summed E-state index contributed by atoms with van der Waals surface area (Å²) in [5.41, 5.74) is 3.00. The Hall–Kier alpha value is -1.64. The minimum Gasteiger partial charge on any atom is -0.383 e. The van der Waals surface area contributed by atoms with Crippen LogP contribution in [0.5, 0.6) is 0 Å². The second-order valence-corrected chi connectivity index (χ2v) is 6.05. The highest BCUT2D eigenvalue weighted by Crippen LogP contribution is 2.26. The van der Waals surface area contributed by atoms with Crippen LogP contribution in [0.3, 0.4) is 0 Å². The van der Waals surface area contributed by atoms with Gasteiger partial charge in [-0.2, -0.15) is 5.26 Å². The van der Waals surface area contributed by atoms with E-state index in [0.717, 1.165) is 56.7 Å². The maximum Gasteiger partial charge on any atom is 0.144 e. The highest BCUT2D eigenvalue weighted by molar-refractivity contribution is 5.55. The summed E-state index contributed by atoms with van der Waals surface area (Å²) in [6, 6.07) is 4.27. The van der Waals surface area contributed by atoms with E-state index >= 15 is 0 Å². The molecule has 0 amide bonds. The smallest absolute Gasteiger partial charge is 0.144 e. The van der Waals surface area contributed by atoms with Gasteiger partial charge in [-0.1, -0.05) is 0 Å². The molecule has 1 aliphatic carbocycles. The number of nitriles is 1. The van der Waals surface area contributed by atoms with Crippen LogP contribution in [0.1, 0.15) is 36.1 Å². The largest absolute Gasteiger partial charge is 0.383 e. The Balaban J connectivity index is 1.77. The van der Waals surface area contributed by atoms with Crippen molar-refractivity contribution in [3.8, 4) is 6.07 Å². The fourth-order valence-electron chi connectivity index (χ4n) is 3.42. The zero-order valence-electron chi connectivity index (χ0n) is 12.5. The van der Waals surface area contributed by atoms with Crippen LogP contribution in [0, 0.1) is 11.3 Å². The quantitative estimate of drug-likeness (QED) is 0.861. The highest BCUT2D eigenvalue weighted by atomic mass is 16.5. The Labute approximate surface area is 125 Å². The summed E-state index contributed by atoms with van der Waals surface area (Å²) in [5.74, 6) is 0.724. The van der Waals surface area contributed by atoms with E-state index in [1.165, 1.54) is 5.56 Å². The second-order valence-electron chi connectivity index (χ2n) is 6.05. The van der Waals surface area contributed by atoms with Crippen molar-refractivity contribution in [1.29, 1.82) is 5.26 Å². The third-order valence-corrected chi connectivity index (χ3v) is 4.52. The molecule has 0 saturated carbocycles. The molecule has 1 atom stereocenters. The van der Waals surface area contributed by atoms with Crippen LogP contribution >= 0.6 is 0 Å². The number of fused-ring (bicyclic) bond motifs is 1. The van der Waals surface area contributed by atoms with Crippen LogP contribution < -0.4 is 10.6 Å². The first-order valence-electron chi connectivity index (χ1n) is 7.67. The molecule has 21 heavy (non-hydrogen) atoms. The highest BCUT2D eigenvalue weighted by Gasteiger charge is 2.33. The van der Waals surface area contributed by atoms with Crippen molar-refractivity contribution in [2.24, 2.45) is 0 Å². The Morgan fingerprint density at radius 1 is 1.48 bits per heavy atom. The minimum atomic E-state index is -0.0395. The summed E-state index contributed by atoms with van der Waals surface area (Å²) in [7, 11) is 1.73. The van der Waals surface area contributed by atoms with E-state index in [1.54, 1.807) is 7.11 Å². The molecule has 1 aromatic heterocycles. The van der Waals surface area contributed by atoms with Gasteiger partial charge in [0.1, 0.15) is 11.9 Å². The summed E-state index contributed by atoms with van der Waals surface area (Å²) >= 11 is 0. The number of nitrogens with one attached hydrogen (secondary N) is 2. The Morgan fingerprint density at radius 2 is 2.38 bits per heavy atom. The van der Waals surface area contributed by atoms with E-state index in [-0.39, 0.29) is 5.54 Å². The van der Waals surface area contributed by atoms with E-state index in [0.29, 0.717) is 12.2 Å². The van der Waals surface area contributed by atoms with Gasteiger partial charge in [-0.05, 0) is 50.3 Å². The molecule has 0 aromatic carbocycles. The molecule has 1 aromatic rings. The fourth-order valence-corrected chi connectivity index (χ4v) is 3.42. The molecule has 0 bridgehead atoms. The first-order chi connectivity index (χ1) is 10.3. The molecule has 1 unspecified atom stereocenters. The average Bonchev–Trinajstić information content (AvgIpc) is 3.13. The van der Waals surface area contributed by atoms with E-state index in [9.17, 15) is 5.26 Å². The molecule has 0 spiro atoms. The second kappa shape index (κ2) is 6.00. The molecule has 1 fully saturated rings. The lowest BCUT2D eigenvalue weighted by molar-refractivity contribution is 0.127. The van der Waals surface area contributed by atoms with Crippen LogP contribution in [0.25, 0.3) is 0 Å². The van der Waals surface area contributed by atoms with Crippen molar-refractivity contribution < 1.29 is 4.74 Å². The number of rotatable bonds is 5. The summed E-state index contributed by atoms with van der Waals surface area (Å²) in [6.45, 7) is 2.43. The van der Waals surface area contributed by atoms with Gasteiger partial charge in [0, 0.05) is 19.3 Å². The molecule has 2 N–H and O–H groups in total. The fraction of sp³-hybridized carbons (Fsp3) is 0.625. The normalized spacial score (nSPS) is 23.8. The van der Waals surface area contributed by atoms with Gasteiger partial charge in [0.15, 0.2) is 0 Å². The van der Waals surface area contributed by atoms with Crippen LogP contribution in [-0.2, 0) is 17.6 Å². The maximum atomic E-state index is 9.34. The molecule has 5 heteroatoms. The number of pyridine rings is 1. The molecule has 112 valence electrons. The third-order valence-electron chi connectivity index (χ3n) is 4.52. The van der Waals surface area contributed by atoms with Gasteiger partial charge in [-0.15, -0.1) is 0 Å². The van der Waals surface area contributed by atoms with E-state index in [2.05, 4.69) is 21.7 Å². The zero-order chi connectivity index (χ0) is 14.7. The SMILES string of the molecule is COCC1(CNc2nc3c(cc2C#N)CCC3)CCCN1. The topological polar surface area (TPSA) is 70.0 Å². The maximum absolute atomic E-state index is 9.34. The number of aryl methyl sites for hydroxylation is 2. The summed E-state index contributed by atoms with van der Waals surface area (Å²) in [4.78, 5) is 4.67. The lowest BCUT2D eigenvalue weighted by Gasteiger charge is -2.29. The molecule has 5 nitrogen and oxygen atoms in total. The Kier molecular flexibility index (Phi) is 4.09. The van der Waals surface area contributed by atoms with Crippen molar-refractivity contribution in [3.63, 3.8) is 0 Å². The molecule has 3 rings (SSSR count). The number of ether oxygens (including phenoxy) is 1. The zero-order valence-corrected chi connectivity index (χ0v) is 12.5. The van der Waals surface area contributed by atoms with Crippen molar-refractivity contribution >= 4 is 5.82 Å². The van der Waals surface area contributed by atoms with Crippen molar-refractivity contribution in [1.82, 2.24) is 10.3 Å². The molecule has 2 heterocycles. The van der Waals surface area contributed by atoms with E-state index in [1.807, 2.05) is 6.07 Å². The lowest BCUT2D eigenvalue weighted by atomic mass is 9.98. The minimum absolute atomic E-state index is 0.0395. The van der Waals surface area contributed by atoms with Crippen LogP contribution in [0.4, 0.5) is 5.82 Å². The summed E-state index contributed by atoms with van der Waals surface area (Å²) in [6.07, 6.45) is 5.46. The number of nitrogens with zero attached hydrogens (tertiary/aromatic N) is 2. The number of methoxy groups -OCH3 is 1. The lowest BCUT2D eigenvalue weighted by Crippen LogP contribution is -2.49. The van der Waals surface area contributed by atoms with Gasteiger partial charge < -0.3 is 15.4 Å². The van der Waals surface area contributed by atoms with Crippen molar-refractivity contribution in [2.75, 3.05) is 32.1 Å². The monoisotopic (exact) mass is 286 g/mol.